The fourth-order valence-electron chi connectivity index (χ4n) is 1.19. The summed E-state index contributed by atoms with van der Waals surface area (Å²) in [5.74, 6) is -1.33. The highest BCUT2D eigenvalue weighted by atomic mass is 35.5. The number of nitrogens with zero attached hydrogens (tertiary/aromatic N) is 1. The number of aliphatic hydroxyl groups excluding tert-OH is 2. The average Bonchev–Trinajstić information content (AvgIpc) is 2.26. The van der Waals surface area contributed by atoms with E-state index in [1.807, 2.05) is 0 Å². The molecule has 6 nitrogen and oxygen atoms in total. The number of aromatic nitrogens is 1. The predicted octanol–water partition coefficient (Wildman–Crippen LogP) is -0.214. The first kappa shape index (κ1) is 12.9. The quantitative estimate of drug-likeness (QED) is 0.546. The van der Waals surface area contributed by atoms with Crippen molar-refractivity contribution in [1.29, 1.82) is 0 Å². The summed E-state index contributed by atoms with van der Waals surface area (Å²) in [6.45, 7) is -0.192. The Labute approximate surface area is 96.3 Å². The topological polar surface area (TPSA) is 117 Å². The number of carbonyl (C=O) groups is 1. The van der Waals surface area contributed by atoms with Crippen LogP contribution in [0.5, 0.6) is 0 Å². The molecule has 1 aromatic heterocycles. The van der Waals surface area contributed by atoms with E-state index in [-0.39, 0.29) is 17.3 Å². The number of hydrogen-bond donors (Lipinski definition) is 4. The van der Waals surface area contributed by atoms with Crippen LogP contribution in [0.3, 0.4) is 0 Å². The van der Waals surface area contributed by atoms with Crippen molar-refractivity contribution >= 4 is 17.6 Å². The minimum atomic E-state index is -1.40. The van der Waals surface area contributed by atoms with E-state index in [0.29, 0.717) is 0 Å². The van der Waals surface area contributed by atoms with Crippen molar-refractivity contribution in [1.82, 2.24) is 4.98 Å². The summed E-state index contributed by atoms with van der Waals surface area (Å²) < 4.78 is 0. The minimum absolute atomic E-state index is 0.00408. The molecule has 1 rings (SSSR count). The molecule has 0 aliphatic rings. The first-order valence-electron chi connectivity index (χ1n) is 4.43. The van der Waals surface area contributed by atoms with Gasteiger partial charge in [0.1, 0.15) is 11.3 Å². The molecule has 0 amide bonds. The fraction of sp³-hybridized carbons (Fsp3) is 0.333. The van der Waals surface area contributed by atoms with Crippen LogP contribution in [0.25, 0.3) is 0 Å². The number of pyridine rings is 1. The van der Waals surface area contributed by atoms with E-state index >= 15 is 0 Å². The van der Waals surface area contributed by atoms with Gasteiger partial charge in [0.2, 0.25) is 0 Å². The Hall–Kier alpha value is -1.21. The van der Waals surface area contributed by atoms with Crippen molar-refractivity contribution < 1.29 is 20.1 Å². The van der Waals surface area contributed by atoms with Crippen molar-refractivity contribution in [3.05, 3.63) is 28.5 Å². The zero-order valence-electron chi connectivity index (χ0n) is 8.17. The number of hydrogen-bond acceptors (Lipinski definition) is 5. The third-order valence-corrected chi connectivity index (χ3v) is 2.23. The Kier molecular flexibility index (Phi) is 4.19. The number of halogens is 1. The zero-order valence-corrected chi connectivity index (χ0v) is 8.92. The zero-order chi connectivity index (χ0) is 12.3. The van der Waals surface area contributed by atoms with Gasteiger partial charge in [0.25, 0.3) is 0 Å². The summed E-state index contributed by atoms with van der Waals surface area (Å²) >= 11 is 5.54. The molecule has 0 aliphatic carbocycles. The summed E-state index contributed by atoms with van der Waals surface area (Å²) in [5.41, 5.74) is 4.75. The number of aliphatic hydroxyl groups is 2. The van der Waals surface area contributed by atoms with Gasteiger partial charge in [0.05, 0.1) is 6.10 Å². The number of rotatable bonds is 4. The number of carboxylic acids is 1. The van der Waals surface area contributed by atoms with Crippen LogP contribution < -0.4 is 5.73 Å². The Balaban J connectivity index is 3.17. The lowest BCUT2D eigenvalue weighted by Crippen LogP contribution is -2.28. The molecule has 1 aromatic rings. The Morgan fingerprint density at radius 2 is 2.12 bits per heavy atom. The van der Waals surface area contributed by atoms with Gasteiger partial charge in [-0.05, 0) is 6.07 Å². The Morgan fingerprint density at radius 3 is 2.62 bits per heavy atom. The molecule has 0 aromatic carbocycles. The highest BCUT2D eigenvalue weighted by Gasteiger charge is 2.24. The van der Waals surface area contributed by atoms with Crippen molar-refractivity contribution in [2.45, 2.75) is 12.2 Å². The van der Waals surface area contributed by atoms with Gasteiger partial charge >= 0.3 is 5.97 Å². The lowest BCUT2D eigenvalue weighted by molar-refractivity contribution is 0.0228. The standard InChI is InChI=1S/C9H11ClN2O4/c10-6-2-1-4(7(12-6)9(15)16)8(14)5(13)3-11/h1-2,5,8,13-14H,3,11H2,(H,15,16). The van der Waals surface area contributed by atoms with Crippen LogP contribution in [0, 0.1) is 0 Å². The monoisotopic (exact) mass is 246 g/mol. The van der Waals surface area contributed by atoms with Crippen LogP contribution in [0.15, 0.2) is 12.1 Å². The van der Waals surface area contributed by atoms with Crippen LogP contribution in [-0.2, 0) is 0 Å². The molecule has 2 atom stereocenters. The predicted molar refractivity (Wildman–Crippen MR) is 56.2 cm³/mol. The molecule has 0 radical (unpaired) electrons. The van der Waals surface area contributed by atoms with E-state index in [2.05, 4.69) is 4.98 Å². The smallest absolute Gasteiger partial charge is 0.354 e. The molecule has 88 valence electrons. The van der Waals surface area contributed by atoms with Crippen LogP contribution in [-0.4, -0.2) is 38.9 Å². The van der Waals surface area contributed by atoms with Gasteiger partial charge < -0.3 is 21.1 Å². The lowest BCUT2D eigenvalue weighted by atomic mass is 10.0. The molecular formula is C9H11ClN2O4. The maximum Gasteiger partial charge on any atom is 0.354 e. The van der Waals surface area contributed by atoms with Crippen LogP contribution in [0.2, 0.25) is 5.15 Å². The molecule has 0 bridgehead atoms. The maximum absolute atomic E-state index is 10.8. The molecule has 2 unspecified atom stereocenters. The van der Waals surface area contributed by atoms with Crippen molar-refractivity contribution in [2.24, 2.45) is 5.73 Å². The second-order valence-corrected chi connectivity index (χ2v) is 3.51. The number of nitrogens with two attached hydrogens (primary N) is 1. The third-order valence-electron chi connectivity index (χ3n) is 2.02. The van der Waals surface area contributed by atoms with E-state index in [9.17, 15) is 15.0 Å². The van der Waals surface area contributed by atoms with Crippen LogP contribution in [0.1, 0.15) is 22.2 Å². The highest BCUT2D eigenvalue weighted by molar-refractivity contribution is 6.29. The molecule has 0 saturated heterocycles. The van der Waals surface area contributed by atoms with E-state index in [1.54, 1.807) is 0 Å². The SMILES string of the molecule is NCC(O)C(O)c1ccc(Cl)nc1C(=O)O. The van der Waals surface area contributed by atoms with Gasteiger partial charge in [-0.25, -0.2) is 9.78 Å². The van der Waals surface area contributed by atoms with Gasteiger partial charge in [-0.3, -0.25) is 0 Å². The van der Waals surface area contributed by atoms with Gasteiger partial charge in [0.15, 0.2) is 5.69 Å². The van der Waals surface area contributed by atoms with Crippen molar-refractivity contribution in [3.63, 3.8) is 0 Å². The summed E-state index contributed by atoms with van der Waals surface area (Å²) in [6.07, 6.45) is -2.65. The molecule has 0 fully saturated rings. The lowest BCUT2D eigenvalue weighted by Gasteiger charge is -2.17. The second-order valence-electron chi connectivity index (χ2n) is 3.12. The normalized spacial score (nSPS) is 14.5. The molecular weight excluding hydrogens is 236 g/mol. The second kappa shape index (κ2) is 5.22. The van der Waals surface area contributed by atoms with Crippen molar-refractivity contribution in [3.8, 4) is 0 Å². The first-order chi connectivity index (χ1) is 7.47. The molecule has 0 saturated carbocycles. The summed E-state index contributed by atoms with van der Waals surface area (Å²) in [6, 6.07) is 2.62. The van der Waals surface area contributed by atoms with Crippen LogP contribution in [0.4, 0.5) is 0 Å². The van der Waals surface area contributed by atoms with E-state index in [0.717, 1.165) is 0 Å². The minimum Gasteiger partial charge on any atom is -0.476 e. The van der Waals surface area contributed by atoms with E-state index in [4.69, 9.17) is 22.4 Å². The van der Waals surface area contributed by atoms with Gasteiger partial charge in [-0.1, -0.05) is 17.7 Å². The molecule has 16 heavy (non-hydrogen) atoms. The Bertz CT molecular complexity index is 399. The van der Waals surface area contributed by atoms with E-state index < -0.39 is 23.9 Å². The van der Waals surface area contributed by atoms with Gasteiger partial charge in [-0.2, -0.15) is 0 Å². The first-order valence-corrected chi connectivity index (χ1v) is 4.81. The Morgan fingerprint density at radius 1 is 1.50 bits per heavy atom. The summed E-state index contributed by atoms with van der Waals surface area (Å²) in [4.78, 5) is 14.4. The van der Waals surface area contributed by atoms with Crippen molar-refractivity contribution in [2.75, 3.05) is 6.54 Å². The summed E-state index contributed by atoms with van der Waals surface area (Å²) in [7, 11) is 0. The molecule has 5 N–H and O–H groups in total. The number of aromatic carboxylic acids is 1. The fourth-order valence-corrected chi connectivity index (χ4v) is 1.34. The molecule has 1 heterocycles. The maximum atomic E-state index is 10.8. The molecule has 7 heteroatoms. The number of carboxylic acid groups (broad SMARTS) is 1. The van der Waals surface area contributed by atoms with Gasteiger partial charge in [-0.15, -0.1) is 0 Å². The molecule has 0 spiro atoms. The largest absolute Gasteiger partial charge is 0.476 e. The van der Waals surface area contributed by atoms with Crippen LogP contribution >= 0.6 is 11.6 Å². The third kappa shape index (κ3) is 2.67. The average molecular weight is 247 g/mol. The van der Waals surface area contributed by atoms with Gasteiger partial charge in [0, 0.05) is 12.1 Å². The summed E-state index contributed by atoms with van der Waals surface area (Å²) in [5, 5.41) is 27.8. The van der Waals surface area contributed by atoms with E-state index in [1.165, 1.54) is 12.1 Å². The highest BCUT2D eigenvalue weighted by Crippen LogP contribution is 2.21. The molecule has 0 aliphatic heterocycles.